The zero-order chi connectivity index (χ0) is 9.90. The van der Waals surface area contributed by atoms with Crippen molar-refractivity contribution in [2.75, 3.05) is 6.26 Å². The van der Waals surface area contributed by atoms with Gasteiger partial charge in [0.15, 0.2) is 9.84 Å². The smallest absolute Gasteiger partial charge is 0.170 e. The molecule has 0 aromatic heterocycles. The average Bonchev–Trinajstić information content (AvgIpc) is 2.03. The van der Waals surface area contributed by atoms with E-state index in [4.69, 9.17) is 11.6 Å². The Hall–Kier alpha value is -0.800. The second-order valence-electron chi connectivity index (χ2n) is 2.66. The number of sulfone groups is 1. The van der Waals surface area contributed by atoms with Crippen LogP contribution in [0, 0.1) is 0 Å². The summed E-state index contributed by atoms with van der Waals surface area (Å²) in [5.41, 5.74) is 0.703. The van der Waals surface area contributed by atoms with Crippen LogP contribution in [0.15, 0.2) is 35.7 Å². The molecule has 0 bridgehead atoms. The molecule has 1 rings (SSSR count). The summed E-state index contributed by atoms with van der Waals surface area (Å²) in [5, 5.41) is 1.28. The lowest BCUT2D eigenvalue weighted by molar-refractivity contribution is 0.610. The molecule has 0 aliphatic heterocycles. The van der Waals surface area contributed by atoms with Crippen molar-refractivity contribution in [2.45, 2.75) is 0 Å². The maximum atomic E-state index is 10.9. The molecule has 0 aliphatic carbocycles. The van der Waals surface area contributed by atoms with E-state index in [2.05, 4.69) is 0 Å². The zero-order valence-corrected chi connectivity index (χ0v) is 8.64. The summed E-state index contributed by atoms with van der Waals surface area (Å²) >= 11 is 5.77. The van der Waals surface area contributed by atoms with Crippen LogP contribution in [-0.4, -0.2) is 14.7 Å². The first kappa shape index (κ1) is 10.3. The van der Waals surface area contributed by atoms with Gasteiger partial charge in [-0.2, -0.15) is 0 Å². The molecule has 2 nitrogen and oxygen atoms in total. The van der Waals surface area contributed by atoms with E-state index in [9.17, 15) is 8.42 Å². The van der Waals surface area contributed by atoms with Crippen molar-refractivity contribution in [3.63, 3.8) is 0 Å². The van der Waals surface area contributed by atoms with E-state index in [-0.39, 0.29) is 5.03 Å². The first-order valence-corrected chi connectivity index (χ1v) is 5.95. The minimum absolute atomic E-state index is 0.239. The molecule has 0 amide bonds. The summed E-state index contributed by atoms with van der Waals surface area (Å²) in [4.78, 5) is 0. The second-order valence-corrected chi connectivity index (χ2v) is 4.96. The molecule has 0 fully saturated rings. The zero-order valence-electron chi connectivity index (χ0n) is 7.07. The van der Waals surface area contributed by atoms with E-state index in [1.807, 2.05) is 6.07 Å². The quantitative estimate of drug-likeness (QED) is 0.760. The van der Waals surface area contributed by atoms with Gasteiger partial charge in [-0.25, -0.2) is 8.42 Å². The van der Waals surface area contributed by atoms with Crippen molar-refractivity contribution in [3.05, 3.63) is 41.3 Å². The molecule has 0 spiro atoms. The summed E-state index contributed by atoms with van der Waals surface area (Å²) in [6, 6.07) is 8.95. The van der Waals surface area contributed by atoms with Crippen molar-refractivity contribution in [3.8, 4) is 0 Å². The molecule has 1 aromatic carbocycles. The van der Waals surface area contributed by atoms with E-state index >= 15 is 0 Å². The van der Waals surface area contributed by atoms with Gasteiger partial charge in [0.2, 0.25) is 0 Å². The number of benzene rings is 1. The molecular formula is C9H9ClO2S. The van der Waals surface area contributed by atoms with Crippen LogP contribution in [0.4, 0.5) is 0 Å². The number of hydrogen-bond donors (Lipinski definition) is 0. The molecule has 13 heavy (non-hydrogen) atoms. The Morgan fingerprint density at radius 2 is 1.85 bits per heavy atom. The minimum atomic E-state index is -3.17. The van der Waals surface area contributed by atoms with Crippen molar-refractivity contribution < 1.29 is 8.42 Å². The first-order valence-electron chi connectivity index (χ1n) is 3.62. The van der Waals surface area contributed by atoms with Gasteiger partial charge in [-0.15, -0.1) is 0 Å². The van der Waals surface area contributed by atoms with Crippen LogP contribution >= 0.6 is 11.6 Å². The van der Waals surface area contributed by atoms with E-state index in [1.54, 1.807) is 24.3 Å². The Kier molecular flexibility index (Phi) is 3.12. The largest absolute Gasteiger partial charge is 0.225 e. The maximum Gasteiger partial charge on any atom is 0.170 e. The summed E-state index contributed by atoms with van der Waals surface area (Å²) in [6.07, 6.45) is 1.11. The van der Waals surface area contributed by atoms with Gasteiger partial charge in [0.1, 0.15) is 0 Å². The molecule has 0 saturated heterocycles. The summed E-state index contributed by atoms with van der Waals surface area (Å²) in [7, 11) is -3.17. The van der Waals surface area contributed by atoms with Gasteiger partial charge in [0.25, 0.3) is 0 Å². The van der Waals surface area contributed by atoms with Gasteiger partial charge < -0.3 is 0 Å². The Balaban J connectivity index is 3.06. The lowest BCUT2D eigenvalue weighted by Crippen LogP contribution is -1.89. The molecule has 1 aromatic rings. The van der Waals surface area contributed by atoms with Gasteiger partial charge >= 0.3 is 0 Å². The third-order valence-corrected chi connectivity index (χ3v) is 2.49. The standard InChI is InChI=1S/C9H9ClO2S/c1-13(11,12)7-9(10)8-5-3-2-4-6-8/h2-7H,1H3. The van der Waals surface area contributed by atoms with Crippen LogP contribution in [0.5, 0.6) is 0 Å². The Labute approximate surface area is 82.8 Å². The van der Waals surface area contributed by atoms with Crippen LogP contribution in [0.3, 0.4) is 0 Å². The lowest BCUT2D eigenvalue weighted by atomic mass is 10.2. The second kappa shape index (κ2) is 3.94. The monoisotopic (exact) mass is 216 g/mol. The topological polar surface area (TPSA) is 34.1 Å². The van der Waals surface area contributed by atoms with Crippen molar-refractivity contribution >= 4 is 26.5 Å². The highest BCUT2D eigenvalue weighted by molar-refractivity contribution is 7.93. The fourth-order valence-electron chi connectivity index (χ4n) is 0.853. The Bertz CT molecular complexity index is 407. The normalized spacial score (nSPS) is 12.9. The molecule has 0 N–H and O–H groups in total. The third kappa shape index (κ3) is 3.61. The number of hydrogen-bond acceptors (Lipinski definition) is 2. The van der Waals surface area contributed by atoms with Crippen LogP contribution in [0.2, 0.25) is 0 Å². The van der Waals surface area contributed by atoms with Crippen LogP contribution in [0.1, 0.15) is 5.56 Å². The first-order chi connectivity index (χ1) is 5.99. The van der Waals surface area contributed by atoms with Crippen LogP contribution in [-0.2, 0) is 9.84 Å². The predicted octanol–water partition coefficient (Wildman–Crippen LogP) is 2.27. The van der Waals surface area contributed by atoms with Gasteiger partial charge in [-0.1, -0.05) is 41.9 Å². The van der Waals surface area contributed by atoms with Gasteiger partial charge in [0.05, 0.1) is 5.03 Å². The molecule has 0 radical (unpaired) electrons. The lowest BCUT2D eigenvalue weighted by Gasteiger charge is -1.96. The minimum Gasteiger partial charge on any atom is -0.225 e. The Morgan fingerprint density at radius 1 is 1.31 bits per heavy atom. The van der Waals surface area contributed by atoms with E-state index in [1.165, 1.54) is 0 Å². The Morgan fingerprint density at radius 3 is 2.31 bits per heavy atom. The fraction of sp³-hybridized carbons (Fsp3) is 0.111. The number of halogens is 1. The molecule has 0 aliphatic rings. The molecule has 0 heterocycles. The predicted molar refractivity (Wildman–Crippen MR) is 55.1 cm³/mol. The molecular weight excluding hydrogens is 208 g/mol. The molecule has 70 valence electrons. The molecule has 4 heteroatoms. The van der Waals surface area contributed by atoms with Crippen LogP contribution in [0.25, 0.3) is 5.03 Å². The average molecular weight is 217 g/mol. The number of rotatable bonds is 2. The fourth-order valence-corrected chi connectivity index (χ4v) is 1.98. The van der Waals surface area contributed by atoms with Gasteiger partial charge in [0, 0.05) is 11.7 Å². The highest BCUT2D eigenvalue weighted by Gasteiger charge is 2.01. The van der Waals surface area contributed by atoms with E-state index < -0.39 is 9.84 Å². The molecule has 0 atom stereocenters. The van der Waals surface area contributed by atoms with Gasteiger partial charge in [-0.3, -0.25) is 0 Å². The molecule has 0 unspecified atom stereocenters. The van der Waals surface area contributed by atoms with Gasteiger partial charge in [-0.05, 0) is 5.56 Å². The van der Waals surface area contributed by atoms with Crippen molar-refractivity contribution in [1.29, 1.82) is 0 Å². The summed E-state index contributed by atoms with van der Waals surface area (Å²) < 4.78 is 21.7. The maximum absolute atomic E-state index is 10.9. The summed E-state index contributed by atoms with van der Waals surface area (Å²) in [6.45, 7) is 0. The third-order valence-electron chi connectivity index (χ3n) is 1.37. The van der Waals surface area contributed by atoms with E-state index in [0.29, 0.717) is 5.56 Å². The molecule has 0 saturated carbocycles. The van der Waals surface area contributed by atoms with Crippen molar-refractivity contribution in [1.82, 2.24) is 0 Å². The van der Waals surface area contributed by atoms with E-state index in [0.717, 1.165) is 11.7 Å². The summed E-state index contributed by atoms with van der Waals surface area (Å²) in [5.74, 6) is 0. The SMILES string of the molecule is CS(=O)(=O)C=C(Cl)c1ccccc1. The van der Waals surface area contributed by atoms with Crippen LogP contribution < -0.4 is 0 Å². The highest BCUT2D eigenvalue weighted by Crippen LogP contribution is 2.18. The van der Waals surface area contributed by atoms with Crippen molar-refractivity contribution in [2.24, 2.45) is 0 Å². The highest BCUT2D eigenvalue weighted by atomic mass is 35.5.